The monoisotopic (exact) mass is 158 g/mol. The van der Waals surface area contributed by atoms with Crippen LogP contribution in [0.25, 0.3) is 0 Å². The summed E-state index contributed by atoms with van der Waals surface area (Å²) in [6.45, 7) is 11.4. The maximum Gasteiger partial charge on any atom is 0.0437 e. The van der Waals surface area contributed by atoms with Crippen molar-refractivity contribution in [3.63, 3.8) is 0 Å². The summed E-state index contributed by atoms with van der Waals surface area (Å²) in [7, 11) is 0. The first-order valence-corrected chi connectivity index (χ1v) is 4.52. The van der Waals surface area contributed by atoms with Crippen LogP contribution >= 0.6 is 0 Å². The molecule has 0 atom stereocenters. The minimum atomic E-state index is 0.844. The Morgan fingerprint density at radius 3 is 1.82 bits per heavy atom. The highest BCUT2D eigenvalue weighted by atomic mass is 16.5. The molecule has 0 amide bonds. The minimum Gasteiger partial charge on any atom is -0.382 e. The maximum atomic E-state index is 4.83. The van der Waals surface area contributed by atoms with Gasteiger partial charge in [0.2, 0.25) is 0 Å². The van der Waals surface area contributed by atoms with Gasteiger partial charge in [0, 0.05) is 13.2 Å². The second-order valence-electron chi connectivity index (χ2n) is 2.21. The summed E-state index contributed by atoms with van der Waals surface area (Å²) >= 11 is 0. The Kier molecular flexibility index (Phi) is 19.8. The first-order chi connectivity index (χ1) is 5.33. The Bertz CT molecular complexity index is 57.9. The predicted octanol–water partition coefficient (Wildman–Crippen LogP) is 3.41. The standard InChI is InChI=1S/C6H12.C4H10O/c1-3-5-6-4-2;1-3-5-4-2/h3H,1,4-6H2,2H3;3-4H2,1-2H3. The Balaban J connectivity index is 0. The van der Waals surface area contributed by atoms with Crippen LogP contribution in [-0.2, 0) is 4.74 Å². The fraction of sp³-hybridized carbons (Fsp3) is 0.800. The average molecular weight is 158 g/mol. The van der Waals surface area contributed by atoms with E-state index in [2.05, 4.69) is 13.5 Å². The van der Waals surface area contributed by atoms with Crippen LogP contribution in [0.1, 0.15) is 40.0 Å². The molecular formula is C10H22O. The van der Waals surface area contributed by atoms with Crippen molar-refractivity contribution in [2.75, 3.05) is 13.2 Å². The molecule has 0 aliphatic carbocycles. The number of hydrogen-bond donors (Lipinski definition) is 0. The third-order valence-corrected chi connectivity index (χ3v) is 1.17. The quantitative estimate of drug-likeness (QED) is 0.440. The lowest BCUT2D eigenvalue weighted by atomic mass is 10.3. The van der Waals surface area contributed by atoms with Gasteiger partial charge in [0.25, 0.3) is 0 Å². The molecule has 0 saturated carbocycles. The average Bonchev–Trinajstić information content (AvgIpc) is 2.04. The smallest absolute Gasteiger partial charge is 0.0437 e. The van der Waals surface area contributed by atoms with Crippen molar-refractivity contribution < 1.29 is 4.74 Å². The third kappa shape index (κ3) is 26.0. The van der Waals surface area contributed by atoms with Gasteiger partial charge >= 0.3 is 0 Å². The maximum absolute atomic E-state index is 4.83. The molecule has 0 aliphatic rings. The van der Waals surface area contributed by atoms with Gasteiger partial charge in [-0.1, -0.05) is 25.8 Å². The molecule has 0 aliphatic heterocycles. The zero-order valence-electron chi connectivity index (χ0n) is 8.23. The van der Waals surface area contributed by atoms with Crippen molar-refractivity contribution >= 4 is 0 Å². The summed E-state index contributed by atoms with van der Waals surface area (Å²) in [6.07, 6.45) is 5.72. The fourth-order valence-corrected chi connectivity index (χ4v) is 0.553. The first-order valence-electron chi connectivity index (χ1n) is 4.52. The van der Waals surface area contributed by atoms with Crippen LogP contribution in [0.3, 0.4) is 0 Å². The molecule has 0 fully saturated rings. The summed E-state index contributed by atoms with van der Waals surface area (Å²) in [5.41, 5.74) is 0. The Hall–Kier alpha value is -0.300. The highest BCUT2D eigenvalue weighted by molar-refractivity contribution is 4.64. The first kappa shape index (κ1) is 13.3. The molecule has 0 N–H and O–H groups in total. The Morgan fingerprint density at radius 1 is 1.18 bits per heavy atom. The highest BCUT2D eigenvalue weighted by Gasteiger charge is 1.71. The van der Waals surface area contributed by atoms with Gasteiger partial charge in [0.05, 0.1) is 0 Å². The van der Waals surface area contributed by atoms with Gasteiger partial charge in [-0.15, -0.1) is 6.58 Å². The molecule has 0 aromatic carbocycles. The van der Waals surface area contributed by atoms with E-state index in [0.717, 1.165) is 13.2 Å². The molecule has 11 heavy (non-hydrogen) atoms. The van der Waals surface area contributed by atoms with E-state index < -0.39 is 0 Å². The van der Waals surface area contributed by atoms with Gasteiger partial charge in [0.15, 0.2) is 0 Å². The SMILES string of the molecule is C=CCCCC.CCOCC. The molecule has 0 saturated heterocycles. The largest absolute Gasteiger partial charge is 0.382 e. The highest BCUT2D eigenvalue weighted by Crippen LogP contribution is 1.91. The molecule has 68 valence electrons. The molecular weight excluding hydrogens is 136 g/mol. The van der Waals surface area contributed by atoms with Crippen LogP contribution in [0.4, 0.5) is 0 Å². The molecule has 1 nitrogen and oxygen atoms in total. The van der Waals surface area contributed by atoms with Gasteiger partial charge in [-0.2, -0.15) is 0 Å². The summed E-state index contributed by atoms with van der Waals surface area (Å²) in [4.78, 5) is 0. The molecule has 0 spiro atoms. The van der Waals surface area contributed by atoms with E-state index in [1.165, 1.54) is 19.3 Å². The molecule has 0 aromatic heterocycles. The van der Waals surface area contributed by atoms with Crippen LogP contribution in [0.2, 0.25) is 0 Å². The van der Waals surface area contributed by atoms with Crippen molar-refractivity contribution in [1.29, 1.82) is 0 Å². The van der Waals surface area contributed by atoms with E-state index in [0.29, 0.717) is 0 Å². The lowest BCUT2D eigenvalue weighted by molar-refractivity contribution is 0.162. The van der Waals surface area contributed by atoms with E-state index in [1.807, 2.05) is 19.9 Å². The lowest BCUT2D eigenvalue weighted by Gasteiger charge is -1.86. The van der Waals surface area contributed by atoms with Crippen molar-refractivity contribution in [2.45, 2.75) is 40.0 Å². The predicted molar refractivity (Wildman–Crippen MR) is 51.9 cm³/mol. The lowest BCUT2D eigenvalue weighted by Crippen LogP contribution is -1.84. The zero-order chi connectivity index (χ0) is 8.95. The summed E-state index contributed by atoms with van der Waals surface area (Å²) in [5.74, 6) is 0. The van der Waals surface area contributed by atoms with Crippen molar-refractivity contribution in [1.82, 2.24) is 0 Å². The summed E-state index contributed by atoms with van der Waals surface area (Å²) in [5, 5.41) is 0. The van der Waals surface area contributed by atoms with Gasteiger partial charge in [-0.3, -0.25) is 0 Å². The van der Waals surface area contributed by atoms with Crippen LogP contribution in [-0.4, -0.2) is 13.2 Å². The normalized spacial score (nSPS) is 8.27. The second kappa shape index (κ2) is 16.4. The number of allylic oxidation sites excluding steroid dienone is 1. The number of hydrogen-bond acceptors (Lipinski definition) is 1. The Morgan fingerprint density at radius 2 is 1.73 bits per heavy atom. The Labute approximate surface area is 71.5 Å². The van der Waals surface area contributed by atoms with Crippen LogP contribution in [0.15, 0.2) is 12.7 Å². The number of ether oxygens (including phenoxy) is 1. The molecule has 0 aromatic rings. The van der Waals surface area contributed by atoms with E-state index in [1.54, 1.807) is 0 Å². The molecule has 0 rings (SSSR count). The van der Waals surface area contributed by atoms with Crippen LogP contribution in [0, 0.1) is 0 Å². The van der Waals surface area contributed by atoms with Crippen molar-refractivity contribution in [3.8, 4) is 0 Å². The fourth-order valence-electron chi connectivity index (χ4n) is 0.553. The third-order valence-electron chi connectivity index (χ3n) is 1.17. The number of rotatable bonds is 5. The summed E-state index contributed by atoms with van der Waals surface area (Å²) < 4.78 is 4.83. The molecule has 0 unspecified atom stereocenters. The molecule has 0 radical (unpaired) electrons. The van der Waals surface area contributed by atoms with E-state index in [9.17, 15) is 0 Å². The van der Waals surface area contributed by atoms with Gasteiger partial charge in [-0.05, 0) is 20.3 Å². The van der Waals surface area contributed by atoms with E-state index in [-0.39, 0.29) is 0 Å². The molecule has 1 heteroatoms. The topological polar surface area (TPSA) is 9.23 Å². The zero-order valence-corrected chi connectivity index (χ0v) is 8.23. The van der Waals surface area contributed by atoms with Crippen LogP contribution < -0.4 is 0 Å². The molecule has 0 bridgehead atoms. The summed E-state index contributed by atoms with van der Waals surface area (Å²) in [6, 6.07) is 0. The number of unbranched alkanes of at least 4 members (excludes halogenated alkanes) is 2. The van der Waals surface area contributed by atoms with Crippen molar-refractivity contribution in [3.05, 3.63) is 12.7 Å². The second-order valence-corrected chi connectivity index (χ2v) is 2.21. The van der Waals surface area contributed by atoms with E-state index >= 15 is 0 Å². The van der Waals surface area contributed by atoms with Gasteiger partial charge in [0.1, 0.15) is 0 Å². The van der Waals surface area contributed by atoms with Gasteiger partial charge in [-0.25, -0.2) is 0 Å². The minimum absolute atomic E-state index is 0.844. The van der Waals surface area contributed by atoms with Crippen LogP contribution in [0.5, 0.6) is 0 Å². The van der Waals surface area contributed by atoms with Gasteiger partial charge < -0.3 is 4.74 Å². The van der Waals surface area contributed by atoms with Crippen molar-refractivity contribution in [2.24, 2.45) is 0 Å². The molecule has 0 heterocycles. The van der Waals surface area contributed by atoms with E-state index in [4.69, 9.17) is 4.74 Å².